The molecular formula is C26H42N6O3. The summed E-state index contributed by atoms with van der Waals surface area (Å²) < 4.78 is 1.80. The van der Waals surface area contributed by atoms with E-state index in [-0.39, 0.29) is 30.6 Å². The number of aromatic nitrogens is 2. The van der Waals surface area contributed by atoms with Gasteiger partial charge in [-0.25, -0.2) is 0 Å². The fraction of sp³-hybridized carbons (Fsp3) is 0.769. The molecule has 3 aliphatic rings. The first kappa shape index (κ1) is 25.7. The van der Waals surface area contributed by atoms with Crippen LogP contribution in [0.3, 0.4) is 0 Å². The molecule has 9 nitrogen and oxygen atoms in total. The van der Waals surface area contributed by atoms with Gasteiger partial charge in [0.2, 0.25) is 11.8 Å². The van der Waals surface area contributed by atoms with E-state index >= 15 is 0 Å². The van der Waals surface area contributed by atoms with Gasteiger partial charge in [-0.2, -0.15) is 5.10 Å². The third-order valence-corrected chi connectivity index (χ3v) is 7.72. The number of carbonyl (C=O) groups excluding carboxylic acids is 3. The number of likely N-dealkylation sites (tertiary alicyclic amines) is 2. The quantitative estimate of drug-likeness (QED) is 0.567. The molecule has 0 spiro atoms. The molecule has 35 heavy (non-hydrogen) atoms. The average molecular weight is 487 g/mol. The molecule has 4 rings (SSSR count). The second-order valence-electron chi connectivity index (χ2n) is 10.6. The van der Waals surface area contributed by atoms with E-state index < -0.39 is 0 Å². The first-order valence-corrected chi connectivity index (χ1v) is 13.5. The largest absolute Gasteiger partial charge is 0.356 e. The minimum atomic E-state index is -0.0644. The van der Waals surface area contributed by atoms with Crippen molar-refractivity contribution in [1.29, 1.82) is 0 Å². The van der Waals surface area contributed by atoms with Crippen molar-refractivity contribution >= 4 is 17.7 Å². The molecule has 0 radical (unpaired) electrons. The van der Waals surface area contributed by atoms with Gasteiger partial charge in [0.25, 0.3) is 5.91 Å². The Morgan fingerprint density at radius 1 is 1.00 bits per heavy atom. The monoisotopic (exact) mass is 486 g/mol. The van der Waals surface area contributed by atoms with Crippen LogP contribution < -0.4 is 5.32 Å². The van der Waals surface area contributed by atoms with Crippen molar-refractivity contribution in [2.75, 3.05) is 45.8 Å². The molecule has 9 heteroatoms. The molecule has 0 aliphatic carbocycles. The Bertz CT molecular complexity index is 907. The normalized spacial score (nSPS) is 21.0. The van der Waals surface area contributed by atoms with E-state index in [1.54, 1.807) is 9.58 Å². The van der Waals surface area contributed by atoms with E-state index in [0.717, 1.165) is 75.6 Å². The number of amides is 3. The second kappa shape index (κ2) is 12.0. The summed E-state index contributed by atoms with van der Waals surface area (Å²) in [6.07, 6.45) is 7.83. The number of rotatable bonds is 8. The maximum absolute atomic E-state index is 13.1. The molecule has 2 fully saturated rings. The fourth-order valence-corrected chi connectivity index (χ4v) is 5.71. The predicted octanol–water partition coefficient (Wildman–Crippen LogP) is 1.95. The smallest absolute Gasteiger partial charge is 0.274 e. The summed E-state index contributed by atoms with van der Waals surface area (Å²) in [5.74, 6) is 0.647. The standard InChI is InChI=1S/C26H42N6O3/c1-20-8-6-13-30(18-20)14-7-12-27-23(33)9-10-24(34)32-17-11-22-21(19-32)25(28-29(22)2)26(35)31-15-4-3-5-16-31/h20H,3-19H2,1-2H3,(H,27,33). The highest BCUT2D eigenvalue weighted by molar-refractivity contribution is 5.94. The van der Waals surface area contributed by atoms with E-state index in [2.05, 4.69) is 22.2 Å². The summed E-state index contributed by atoms with van der Waals surface area (Å²) in [6.45, 7) is 8.83. The molecule has 3 aliphatic heterocycles. The summed E-state index contributed by atoms with van der Waals surface area (Å²) in [5.41, 5.74) is 2.40. The summed E-state index contributed by atoms with van der Waals surface area (Å²) >= 11 is 0. The van der Waals surface area contributed by atoms with Crippen LogP contribution in [0.25, 0.3) is 0 Å². The Labute approximate surface area is 209 Å². The van der Waals surface area contributed by atoms with E-state index in [1.165, 1.54) is 12.8 Å². The van der Waals surface area contributed by atoms with Crippen LogP contribution >= 0.6 is 0 Å². The highest BCUT2D eigenvalue weighted by Crippen LogP contribution is 2.25. The summed E-state index contributed by atoms with van der Waals surface area (Å²) in [6, 6.07) is 0. The van der Waals surface area contributed by atoms with Crippen LogP contribution in [0.15, 0.2) is 0 Å². The summed E-state index contributed by atoms with van der Waals surface area (Å²) in [4.78, 5) is 44.4. The fourth-order valence-electron chi connectivity index (χ4n) is 5.71. The van der Waals surface area contributed by atoms with E-state index in [1.807, 2.05) is 11.9 Å². The molecule has 0 saturated carbocycles. The van der Waals surface area contributed by atoms with Crippen molar-refractivity contribution in [3.8, 4) is 0 Å². The molecule has 1 N–H and O–H groups in total. The Balaban J connectivity index is 1.22. The van der Waals surface area contributed by atoms with Gasteiger partial charge >= 0.3 is 0 Å². The highest BCUT2D eigenvalue weighted by Gasteiger charge is 2.31. The van der Waals surface area contributed by atoms with Gasteiger partial charge in [0.05, 0.1) is 0 Å². The van der Waals surface area contributed by atoms with E-state index in [9.17, 15) is 14.4 Å². The lowest BCUT2D eigenvalue weighted by Gasteiger charge is -2.30. The molecule has 4 heterocycles. The van der Waals surface area contributed by atoms with Gasteiger partial charge in [-0.3, -0.25) is 19.1 Å². The number of carbonyl (C=O) groups is 3. The lowest BCUT2D eigenvalue weighted by atomic mass is 10.0. The maximum atomic E-state index is 13.1. The lowest BCUT2D eigenvalue weighted by Crippen LogP contribution is -2.39. The van der Waals surface area contributed by atoms with Crippen molar-refractivity contribution in [3.05, 3.63) is 17.0 Å². The third kappa shape index (κ3) is 6.63. The number of hydrogen-bond acceptors (Lipinski definition) is 5. The van der Waals surface area contributed by atoms with Crippen LogP contribution in [0.5, 0.6) is 0 Å². The van der Waals surface area contributed by atoms with Crippen molar-refractivity contribution in [1.82, 2.24) is 29.8 Å². The minimum absolute atomic E-state index is 0.0192. The molecule has 3 amide bonds. The SMILES string of the molecule is CC1CCCN(CCCNC(=O)CCC(=O)N2CCc3c(c(C(=O)N4CCCCC4)nn3C)C2)C1. The number of nitrogens with zero attached hydrogens (tertiary/aromatic N) is 5. The zero-order valence-electron chi connectivity index (χ0n) is 21.6. The van der Waals surface area contributed by atoms with Gasteiger partial charge < -0.3 is 20.0 Å². The summed E-state index contributed by atoms with van der Waals surface area (Å²) in [5, 5.41) is 7.51. The molecule has 1 aromatic heterocycles. The second-order valence-corrected chi connectivity index (χ2v) is 10.6. The maximum Gasteiger partial charge on any atom is 0.274 e. The zero-order valence-corrected chi connectivity index (χ0v) is 21.6. The van der Waals surface area contributed by atoms with Crippen molar-refractivity contribution < 1.29 is 14.4 Å². The third-order valence-electron chi connectivity index (χ3n) is 7.72. The molecule has 194 valence electrons. The highest BCUT2D eigenvalue weighted by atomic mass is 16.2. The topological polar surface area (TPSA) is 90.8 Å². The number of aryl methyl sites for hydroxylation is 1. The van der Waals surface area contributed by atoms with Crippen LogP contribution in [-0.2, 0) is 29.6 Å². The minimum Gasteiger partial charge on any atom is -0.356 e. The number of hydrogen-bond donors (Lipinski definition) is 1. The molecule has 1 unspecified atom stereocenters. The van der Waals surface area contributed by atoms with Gasteiger partial charge in [0, 0.05) is 76.8 Å². The molecular weight excluding hydrogens is 444 g/mol. The first-order valence-electron chi connectivity index (χ1n) is 13.5. The molecule has 0 aromatic carbocycles. The van der Waals surface area contributed by atoms with Gasteiger partial charge in [-0.15, -0.1) is 0 Å². The van der Waals surface area contributed by atoms with Crippen LogP contribution in [0.1, 0.15) is 80.0 Å². The van der Waals surface area contributed by atoms with Crippen LogP contribution in [-0.4, -0.2) is 88.0 Å². The molecule has 1 atom stereocenters. The Hall–Kier alpha value is -2.42. The van der Waals surface area contributed by atoms with Gasteiger partial charge in [0.15, 0.2) is 5.69 Å². The predicted molar refractivity (Wildman–Crippen MR) is 134 cm³/mol. The first-order chi connectivity index (χ1) is 16.9. The van der Waals surface area contributed by atoms with Crippen molar-refractivity contribution in [3.63, 3.8) is 0 Å². The van der Waals surface area contributed by atoms with Gasteiger partial charge in [-0.05, 0) is 57.5 Å². The average Bonchev–Trinajstić information content (AvgIpc) is 3.21. The lowest BCUT2D eigenvalue weighted by molar-refractivity contribution is -0.134. The molecule has 2 saturated heterocycles. The van der Waals surface area contributed by atoms with E-state index in [4.69, 9.17) is 0 Å². The molecule has 0 bridgehead atoms. The Morgan fingerprint density at radius 2 is 1.80 bits per heavy atom. The van der Waals surface area contributed by atoms with Gasteiger partial charge in [0.1, 0.15) is 0 Å². The van der Waals surface area contributed by atoms with Crippen LogP contribution in [0.2, 0.25) is 0 Å². The zero-order chi connectivity index (χ0) is 24.8. The van der Waals surface area contributed by atoms with Crippen molar-refractivity contribution in [2.24, 2.45) is 13.0 Å². The van der Waals surface area contributed by atoms with Crippen LogP contribution in [0.4, 0.5) is 0 Å². The molecule has 1 aromatic rings. The van der Waals surface area contributed by atoms with Crippen LogP contribution in [0, 0.1) is 5.92 Å². The number of piperidine rings is 2. The van der Waals surface area contributed by atoms with Crippen molar-refractivity contribution in [2.45, 2.75) is 71.3 Å². The Morgan fingerprint density at radius 3 is 2.57 bits per heavy atom. The number of nitrogens with one attached hydrogen (secondary N) is 1. The van der Waals surface area contributed by atoms with E-state index in [0.29, 0.717) is 31.7 Å². The number of fused-ring (bicyclic) bond motifs is 1. The summed E-state index contributed by atoms with van der Waals surface area (Å²) in [7, 11) is 1.87. The van der Waals surface area contributed by atoms with Gasteiger partial charge in [-0.1, -0.05) is 6.92 Å². The Kier molecular flexibility index (Phi) is 8.81.